The van der Waals surface area contributed by atoms with E-state index in [9.17, 15) is 28.0 Å². The van der Waals surface area contributed by atoms with Crippen molar-refractivity contribution in [1.29, 1.82) is 0 Å². The molecule has 0 atom stereocenters. The predicted octanol–water partition coefficient (Wildman–Crippen LogP) is 3.56. The summed E-state index contributed by atoms with van der Waals surface area (Å²) < 4.78 is 31.0. The Balaban J connectivity index is 1.37. The summed E-state index contributed by atoms with van der Waals surface area (Å²) in [5, 5.41) is 2.28. The highest BCUT2D eigenvalue weighted by Crippen LogP contribution is 2.28. The highest BCUT2D eigenvalue weighted by molar-refractivity contribution is 6.34. The van der Waals surface area contributed by atoms with Crippen molar-refractivity contribution in [3.63, 3.8) is 0 Å². The van der Waals surface area contributed by atoms with Crippen LogP contribution < -0.4 is 10.2 Å². The Morgan fingerprint density at radius 2 is 1.47 bits per heavy atom. The molecule has 7 nitrogen and oxygen atoms in total. The van der Waals surface area contributed by atoms with Crippen molar-refractivity contribution >= 4 is 35.1 Å². The highest BCUT2D eigenvalue weighted by Gasteiger charge is 2.36. The lowest BCUT2D eigenvalue weighted by molar-refractivity contribution is -0.119. The van der Waals surface area contributed by atoms with Crippen LogP contribution in [0.2, 0.25) is 0 Å². The summed E-state index contributed by atoms with van der Waals surface area (Å²) in [6.07, 6.45) is 0. The highest BCUT2D eigenvalue weighted by atomic mass is 19.2. The minimum Gasteiger partial charge on any atom is -0.452 e. The molecule has 3 aromatic carbocycles. The molecule has 3 amide bonds. The lowest BCUT2D eigenvalue weighted by atomic mass is 10.1. The molecule has 1 heterocycles. The van der Waals surface area contributed by atoms with Crippen molar-refractivity contribution in [3.8, 4) is 0 Å². The number of ether oxygens (including phenoxy) is 1. The number of nitrogens with one attached hydrogen (secondary N) is 1. The van der Waals surface area contributed by atoms with Crippen LogP contribution in [0.15, 0.2) is 66.7 Å². The first-order valence-electron chi connectivity index (χ1n) is 9.35. The number of benzene rings is 3. The first-order chi connectivity index (χ1) is 15.3. The lowest BCUT2D eigenvalue weighted by Crippen LogP contribution is -2.29. The third-order valence-corrected chi connectivity index (χ3v) is 4.69. The zero-order valence-electron chi connectivity index (χ0n) is 16.3. The van der Waals surface area contributed by atoms with Crippen molar-refractivity contribution in [2.45, 2.75) is 0 Å². The summed E-state index contributed by atoms with van der Waals surface area (Å²) >= 11 is 0. The van der Waals surface area contributed by atoms with Crippen molar-refractivity contribution in [2.75, 3.05) is 16.8 Å². The number of imide groups is 1. The fourth-order valence-corrected chi connectivity index (χ4v) is 3.16. The largest absolute Gasteiger partial charge is 0.452 e. The molecule has 0 saturated heterocycles. The summed E-state index contributed by atoms with van der Waals surface area (Å²) in [4.78, 5) is 50.1. The molecule has 32 heavy (non-hydrogen) atoms. The Kier molecular flexibility index (Phi) is 5.46. The molecular formula is C23H14F2N2O5. The molecule has 4 rings (SSSR count). The molecule has 9 heteroatoms. The Labute approximate surface area is 180 Å². The van der Waals surface area contributed by atoms with Crippen LogP contribution in [-0.4, -0.2) is 30.3 Å². The Hall–Kier alpha value is -4.40. The number of carbonyl (C=O) groups is 4. The van der Waals surface area contributed by atoms with E-state index in [1.54, 1.807) is 24.3 Å². The topological polar surface area (TPSA) is 92.8 Å². The van der Waals surface area contributed by atoms with Gasteiger partial charge in [0.15, 0.2) is 18.2 Å². The molecular weight excluding hydrogens is 422 g/mol. The molecule has 0 spiro atoms. The van der Waals surface area contributed by atoms with Crippen molar-refractivity contribution in [3.05, 3.63) is 95.1 Å². The van der Waals surface area contributed by atoms with E-state index in [4.69, 9.17) is 4.74 Å². The van der Waals surface area contributed by atoms with Crippen LogP contribution in [0.25, 0.3) is 0 Å². The number of nitrogens with zero attached hydrogens (tertiary/aromatic N) is 1. The van der Waals surface area contributed by atoms with Gasteiger partial charge in [0.1, 0.15) is 0 Å². The van der Waals surface area contributed by atoms with Gasteiger partial charge in [-0.25, -0.2) is 18.5 Å². The van der Waals surface area contributed by atoms with Gasteiger partial charge in [-0.1, -0.05) is 12.1 Å². The van der Waals surface area contributed by atoms with Gasteiger partial charge in [0.2, 0.25) is 0 Å². The first kappa shape index (κ1) is 20.9. The number of fused-ring (bicyclic) bond motifs is 1. The number of anilines is 2. The van der Waals surface area contributed by atoms with Crippen LogP contribution in [0.5, 0.6) is 0 Å². The molecule has 0 aromatic heterocycles. The average molecular weight is 436 g/mol. The number of rotatable bonds is 5. The van der Waals surface area contributed by atoms with E-state index in [-0.39, 0.29) is 16.9 Å². The van der Waals surface area contributed by atoms with E-state index in [0.717, 1.165) is 23.1 Å². The fourth-order valence-electron chi connectivity index (χ4n) is 3.16. The van der Waals surface area contributed by atoms with Gasteiger partial charge in [0, 0.05) is 11.8 Å². The van der Waals surface area contributed by atoms with Gasteiger partial charge in [0.05, 0.1) is 22.4 Å². The number of esters is 1. The minimum atomic E-state index is -1.13. The predicted molar refractivity (Wildman–Crippen MR) is 109 cm³/mol. The van der Waals surface area contributed by atoms with Crippen LogP contribution in [0.4, 0.5) is 20.2 Å². The molecule has 1 aliphatic rings. The Bertz CT molecular complexity index is 1220. The second kappa shape index (κ2) is 8.38. The quantitative estimate of drug-likeness (QED) is 0.488. The lowest BCUT2D eigenvalue weighted by Gasteiger charge is -2.14. The van der Waals surface area contributed by atoms with E-state index >= 15 is 0 Å². The Morgan fingerprint density at radius 3 is 2.06 bits per heavy atom. The van der Waals surface area contributed by atoms with E-state index < -0.39 is 41.9 Å². The van der Waals surface area contributed by atoms with Gasteiger partial charge in [-0.2, -0.15) is 0 Å². The van der Waals surface area contributed by atoms with Gasteiger partial charge in [0.25, 0.3) is 17.7 Å². The van der Waals surface area contributed by atoms with E-state index in [1.807, 2.05) is 0 Å². The molecule has 1 aliphatic heterocycles. The number of halogens is 2. The summed E-state index contributed by atoms with van der Waals surface area (Å²) in [5.41, 5.74) is 0.978. The summed E-state index contributed by atoms with van der Waals surface area (Å²) in [6.45, 7) is -0.655. The van der Waals surface area contributed by atoms with Gasteiger partial charge in [-0.3, -0.25) is 14.4 Å². The Morgan fingerprint density at radius 1 is 0.844 bits per heavy atom. The maximum Gasteiger partial charge on any atom is 0.338 e. The number of hydrogen-bond acceptors (Lipinski definition) is 5. The monoisotopic (exact) mass is 436 g/mol. The van der Waals surface area contributed by atoms with Gasteiger partial charge < -0.3 is 10.1 Å². The van der Waals surface area contributed by atoms with Crippen molar-refractivity contribution in [1.82, 2.24) is 0 Å². The summed E-state index contributed by atoms with van der Waals surface area (Å²) in [6, 6.07) is 14.8. The van der Waals surface area contributed by atoms with Crippen LogP contribution in [0.3, 0.4) is 0 Å². The van der Waals surface area contributed by atoms with Crippen molar-refractivity contribution in [2.24, 2.45) is 0 Å². The number of amides is 3. The number of carbonyl (C=O) groups excluding carboxylic acids is 4. The fraction of sp³-hybridized carbons (Fsp3) is 0.0435. The SMILES string of the molecule is O=C(COC(=O)c1ccc(N2C(=O)c3ccccc3C2=O)cc1)Nc1ccc(F)c(F)c1. The van der Waals surface area contributed by atoms with Crippen LogP contribution in [0, 0.1) is 11.6 Å². The van der Waals surface area contributed by atoms with Gasteiger partial charge in [-0.15, -0.1) is 0 Å². The molecule has 0 bridgehead atoms. The van der Waals surface area contributed by atoms with E-state index in [1.165, 1.54) is 24.3 Å². The minimum absolute atomic E-state index is 0.00949. The van der Waals surface area contributed by atoms with E-state index in [0.29, 0.717) is 11.1 Å². The third-order valence-electron chi connectivity index (χ3n) is 4.69. The normalized spacial score (nSPS) is 12.5. The van der Waals surface area contributed by atoms with Crippen LogP contribution in [0.1, 0.15) is 31.1 Å². The summed E-state index contributed by atoms with van der Waals surface area (Å²) in [7, 11) is 0. The van der Waals surface area contributed by atoms with Crippen LogP contribution in [-0.2, 0) is 9.53 Å². The second-order valence-corrected chi connectivity index (χ2v) is 6.79. The molecule has 0 aliphatic carbocycles. The summed E-state index contributed by atoms with van der Waals surface area (Å²) in [5.74, 6) is -4.67. The first-order valence-corrected chi connectivity index (χ1v) is 9.35. The molecule has 0 unspecified atom stereocenters. The zero-order valence-corrected chi connectivity index (χ0v) is 16.3. The van der Waals surface area contributed by atoms with Crippen LogP contribution >= 0.6 is 0 Å². The molecule has 3 aromatic rings. The molecule has 160 valence electrons. The second-order valence-electron chi connectivity index (χ2n) is 6.79. The maximum absolute atomic E-state index is 13.2. The van der Waals surface area contributed by atoms with Gasteiger partial charge in [-0.05, 0) is 48.5 Å². The van der Waals surface area contributed by atoms with Crippen molar-refractivity contribution < 1.29 is 32.7 Å². The van der Waals surface area contributed by atoms with E-state index in [2.05, 4.69) is 5.32 Å². The number of hydrogen-bond donors (Lipinski definition) is 1. The van der Waals surface area contributed by atoms with Gasteiger partial charge >= 0.3 is 5.97 Å². The molecule has 1 N–H and O–H groups in total. The standard InChI is InChI=1S/C23H14F2N2O5/c24-18-10-7-14(11-19(18)25)26-20(28)12-32-23(31)13-5-8-15(9-6-13)27-21(29)16-3-1-2-4-17(16)22(27)30/h1-11H,12H2,(H,26,28). The molecule has 0 saturated carbocycles. The smallest absolute Gasteiger partial charge is 0.338 e. The average Bonchev–Trinajstić information content (AvgIpc) is 3.05. The zero-order chi connectivity index (χ0) is 22.8. The third kappa shape index (κ3) is 3.95. The maximum atomic E-state index is 13.2. The molecule has 0 fully saturated rings. The molecule has 0 radical (unpaired) electrons.